The van der Waals surface area contributed by atoms with Crippen LogP contribution in [0.3, 0.4) is 0 Å². The van der Waals surface area contributed by atoms with Gasteiger partial charge in [-0.05, 0) is 77.3 Å². The maximum Gasteiger partial charge on any atom is 2.00 e. The number of hydrogen-bond acceptors (Lipinski definition) is 3. The first kappa shape index (κ1) is 25.1. The van der Waals surface area contributed by atoms with Crippen LogP contribution >= 0.6 is 11.8 Å². The van der Waals surface area contributed by atoms with Gasteiger partial charge in [-0.3, -0.25) is 0 Å². The molecule has 1 heterocycles. The summed E-state index contributed by atoms with van der Waals surface area (Å²) in [4.78, 5) is 1.25. The molecule has 1 aromatic heterocycles. The second-order valence-corrected chi connectivity index (χ2v) is 8.46. The zero-order valence-corrected chi connectivity index (χ0v) is 20.0. The SMILES string of the molecule is Cc1ccc(S[C]2[CH][CH][CH][C]2[C@H](C)n2cc(-c3ccccc3)nn2)cc1.[CH]1[CH][CH][CH][CH]1.[Fe+2]. The molecule has 3 nitrogen and oxygen atoms in total. The smallest absolute Gasteiger partial charge is 0.248 e. The first-order chi connectivity index (χ1) is 15.2. The monoisotopic (exact) mass is 479 g/mol. The van der Waals surface area contributed by atoms with E-state index in [1.54, 1.807) is 11.8 Å². The summed E-state index contributed by atoms with van der Waals surface area (Å²) in [6.45, 7) is 4.28. The first-order valence-corrected chi connectivity index (χ1v) is 11.2. The Morgan fingerprint density at radius 3 is 2.12 bits per heavy atom. The van der Waals surface area contributed by atoms with Crippen molar-refractivity contribution in [3.8, 4) is 11.3 Å². The van der Waals surface area contributed by atoms with Gasteiger partial charge in [-0.2, -0.15) is 0 Å². The third-order valence-corrected chi connectivity index (χ3v) is 6.14. The van der Waals surface area contributed by atoms with Gasteiger partial charge in [-0.25, -0.2) is 4.68 Å². The van der Waals surface area contributed by atoms with E-state index in [0.717, 1.165) is 11.3 Å². The van der Waals surface area contributed by atoms with Crippen molar-refractivity contribution in [3.63, 3.8) is 0 Å². The van der Waals surface area contributed by atoms with E-state index in [1.165, 1.54) is 21.6 Å². The zero-order chi connectivity index (χ0) is 21.5. The number of benzene rings is 2. The van der Waals surface area contributed by atoms with E-state index in [4.69, 9.17) is 0 Å². The molecule has 2 saturated carbocycles. The van der Waals surface area contributed by atoms with Gasteiger partial charge in [0.05, 0.1) is 12.2 Å². The molecule has 0 N–H and O–H groups in total. The van der Waals surface area contributed by atoms with Gasteiger partial charge in [-0.15, -0.1) is 16.9 Å². The van der Waals surface area contributed by atoms with E-state index in [9.17, 15) is 0 Å². The normalized spacial score (nSPS) is 17.4. The molecule has 5 rings (SSSR count). The van der Waals surface area contributed by atoms with Gasteiger partial charge >= 0.3 is 17.1 Å². The van der Waals surface area contributed by atoms with Crippen LogP contribution in [0.5, 0.6) is 0 Å². The molecule has 1 atom stereocenters. The molecular weight excluding hydrogens is 454 g/mol. The quantitative estimate of drug-likeness (QED) is 0.399. The Bertz CT molecular complexity index is 914. The molecule has 0 bridgehead atoms. The number of nitrogens with zero attached hydrogens (tertiary/aromatic N) is 3. The van der Waals surface area contributed by atoms with E-state index in [1.807, 2.05) is 61.2 Å². The fraction of sp³-hybridized carbons (Fsp3) is 0.111. The third-order valence-electron chi connectivity index (χ3n) is 5.04. The summed E-state index contributed by atoms with van der Waals surface area (Å²) in [5, 5.41) is 9.97. The van der Waals surface area contributed by atoms with E-state index in [0.29, 0.717) is 0 Å². The first-order valence-electron chi connectivity index (χ1n) is 10.3. The average Bonchev–Trinajstić information content (AvgIpc) is 3.58. The van der Waals surface area contributed by atoms with Crippen molar-refractivity contribution in [2.24, 2.45) is 0 Å². The van der Waals surface area contributed by atoms with Gasteiger partial charge in [0.1, 0.15) is 5.69 Å². The van der Waals surface area contributed by atoms with Crippen molar-refractivity contribution < 1.29 is 17.1 Å². The Hall–Kier alpha value is -1.55. The van der Waals surface area contributed by atoms with Crippen molar-refractivity contribution in [1.29, 1.82) is 0 Å². The fourth-order valence-electron chi connectivity index (χ4n) is 3.26. The van der Waals surface area contributed by atoms with Crippen molar-refractivity contribution in [1.82, 2.24) is 15.0 Å². The van der Waals surface area contributed by atoms with E-state index in [2.05, 4.69) is 79.8 Å². The predicted molar refractivity (Wildman–Crippen MR) is 128 cm³/mol. The number of thioether (sulfide) groups is 1. The van der Waals surface area contributed by atoms with Gasteiger partial charge in [0, 0.05) is 21.6 Å². The van der Waals surface area contributed by atoms with E-state index in [-0.39, 0.29) is 23.1 Å². The molecule has 32 heavy (non-hydrogen) atoms. The zero-order valence-electron chi connectivity index (χ0n) is 18.1. The molecule has 0 amide bonds. The maximum atomic E-state index is 4.37. The van der Waals surface area contributed by atoms with Gasteiger partial charge in [0.2, 0.25) is 0 Å². The van der Waals surface area contributed by atoms with Gasteiger partial charge in [0.25, 0.3) is 0 Å². The molecule has 0 saturated heterocycles. The molecule has 2 aromatic carbocycles. The summed E-state index contributed by atoms with van der Waals surface area (Å²) in [6, 6.07) is 18.9. The van der Waals surface area contributed by atoms with Crippen LogP contribution in [0.25, 0.3) is 11.3 Å². The van der Waals surface area contributed by atoms with Crippen LogP contribution in [0.4, 0.5) is 0 Å². The molecule has 10 radical (unpaired) electrons. The molecule has 160 valence electrons. The Kier molecular flexibility index (Phi) is 9.90. The molecule has 2 aliphatic carbocycles. The molecule has 0 unspecified atom stereocenters. The summed E-state index contributed by atoms with van der Waals surface area (Å²) in [7, 11) is 0. The minimum Gasteiger partial charge on any atom is -0.248 e. The Labute approximate surface area is 208 Å². The molecule has 0 aliphatic heterocycles. The van der Waals surface area contributed by atoms with Gasteiger partial charge in [0.15, 0.2) is 0 Å². The van der Waals surface area contributed by atoms with Crippen LogP contribution in [0, 0.1) is 69.5 Å². The topological polar surface area (TPSA) is 30.7 Å². The maximum absolute atomic E-state index is 4.37. The van der Waals surface area contributed by atoms with Crippen molar-refractivity contribution in [2.75, 3.05) is 0 Å². The summed E-state index contributed by atoms with van der Waals surface area (Å²) < 4.78 is 1.94. The molecule has 3 aromatic rings. The number of aryl methyl sites for hydroxylation is 1. The van der Waals surface area contributed by atoms with Gasteiger partial charge < -0.3 is 0 Å². The minimum atomic E-state index is 0. The van der Waals surface area contributed by atoms with Crippen LogP contribution in [-0.2, 0) is 17.1 Å². The number of hydrogen-bond donors (Lipinski definition) is 0. The largest absolute Gasteiger partial charge is 2.00 e. The van der Waals surface area contributed by atoms with E-state index < -0.39 is 0 Å². The van der Waals surface area contributed by atoms with Crippen molar-refractivity contribution >= 4 is 11.8 Å². The Morgan fingerprint density at radius 1 is 0.812 bits per heavy atom. The summed E-state index contributed by atoms with van der Waals surface area (Å²) >= 11 is 1.79. The van der Waals surface area contributed by atoms with Crippen molar-refractivity contribution in [2.45, 2.75) is 24.8 Å². The molecule has 5 heteroatoms. The Balaban J connectivity index is 0.000000427. The van der Waals surface area contributed by atoms with Crippen LogP contribution in [0.2, 0.25) is 0 Å². The van der Waals surface area contributed by atoms with E-state index >= 15 is 0 Å². The average molecular weight is 479 g/mol. The minimum absolute atomic E-state index is 0. The summed E-state index contributed by atoms with van der Waals surface area (Å²) in [5.74, 6) is 1.26. The second kappa shape index (κ2) is 12.6. The van der Waals surface area contributed by atoms with Crippen LogP contribution in [0.1, 0.15) is 18.5 Å². The molecule has 0 spiro atoms. The van der Waals surface area contributed by atoms with Gasteiger partial charge in [-0.1, -0.05) is 53.2 Å². The number of aromatic nitrogens is 3. The molecular formula is C27H25FeN3S+2. The number of rotatable bonds is 5. The third kappa shape index (κ3) is 6.73. The fourth-order valence-corrected chi connectivity index (χ4v) is 4.29. The summed E-state index contributed by atoms with van der Waals surface area (Å²) in [5.41, 5.74) is 3.26. The van der Waals surface area contributed by atoms with Crippen LogP contribution in [0.15, 0.2) is 65.7 Å². The standard InChI is InChI=1S/C22H20N3S.C5H5.Fe/c1-16-11-13-19(14-12-16)26-22-10-6-9-20(22)17(2)25-15-21(23-24-25)18-7-4-3-5-8-18;1-2-4-5-3-1;/h3-15,17H,1-2H3;1-5H;/q;;+2/t17-;;/m0../s1. The Morgan fingerprint density at radius 2 is 1.47 bits per heavy atom. The van der Waals surface area contributed by atoms with Crippen molar-refractivity contribution in [3.05, 3.63) is 129 Å². The van der Waals surface area contributed by atoms with Crippen LogP contribution in [-0.4, -0.2) is 15.0 Å². The van der Waals surface area contributed by atoms with Crippen LogP contribution < -0.4 is 0 Å². The molecule has 2 aliphatic rings. The summed E-state index contributed by atoms with van der Waals surface area (Å²) in [6.07, 6.45) is 18.5. The predicted octanol–water partition coefficient (Wildman–Crippen LogP) is 6.36. The second-order valence-electron chi connectivity index (χ2n) is 7.35. The molecule has 2 fully saturated rings.